The number of carbonyl (C=O) groups is 1. The lowest BCUT2D eigenvalue weighted by molar-refractivity contribution is -0.127. The van der Waals surface area contributed by atoms with Gasteiger partial charge in [-0.1, -0.05) is 30.7 Å². The Morgan fingerprint density at radius 2 is 2.22 bits per heavy atom. The van der Waals surface area contributed by atoms with Crippen molar-refractivity contribution < 1.29 is 4.79 Å². The molecule has 1 aliphatic rings. The lowest BCUT2D eigenvalue weighted by Gasteiger charge is -2.16. The fraction of sp³-hybridized carbons (Fsp3) is 0.533. The maximum Gasteiger partial charge on any atom is 0.233 e. The van der Waals surface area contributed by atoms with Crippen LogP contribution in [0.2, 0.25) is 0 Å². The van der Waals surface area contributed by atoms with Gasteiger partial charge in [-0.15, -0.1) is 5.10 Å². The van der Waals surface area contributed by atoms with E-state index in [-0.39, 0.29) is 5.91 Å². The van der Waals surface area contributed by atoms with E-state index < -0.39 is 0 Å². The van der Waals surface area contributed by atoms with Crippen LogP contribution in [-0.4, -0.2) is 48.8 Å². The zero-order valence-electron chi connectivity index (χ0n) is 13.1. The molecule has 1 fully saturated rings. The third-order valence-electron chi connectivity index (χ3n) is 4.01. The summed E-state index contributed by atoms with van der Waals surface area (Å²) >= 11 is 1.40. The maximum absolute atomic E-state index is 12.3. The highest BCUT2D eigenvalue weighted by Gasteiger charge is 2.22. The average Bonchev–Trinajstić information content (AvgIpc) is 3.24. The van der Waals surface area contributed by atoms with Crippen molar-refractivity contribution in [3.05, 3.63) is 30.1 Å². The summed E-state index contributed by atoms with van der Waals surface area (Å²) in [6, 6.07) is 6.08. The Morgan fingerprint density at radius 1 is 1.39 bits per heavy atom. The minimum Gasteiger partial charge on any atom is -0.339 e. The molecule has 0 aliphatic heterocycles. The molecule has 0 N–H and O–H groups in total. The van der Waals surface area contributed by atoms with Crippen LogP contribution in [-0.2, 0) is 11.3 Å². The predicted octanol–water partition coefficient (Wildman–Crippen LogP) is 1.93. The zero-order valence-corrected chi connectivity index (χ0v) is 13.9. The fourth-order valence-electron chi connectivity index (χ4n) is 2.72. The van der Waals surface area contributed by atoms with Gasteiger partial charge in [-0.2, -0.15) is 0 Å². The second-order valence-electron chi connectivity index (χ2n) is 5.70. The average molecular weight is 332 g/mol. The van der Waals surface area contributed by atoms with Crippen LogP contribution in [0.4, 0.5) is 0 Å². The number of thioether (sulfide) groups is 1. The summed E-state index contributed by atoms with van der Waals surface area (Å²) in [6.45, 7) is 0.508. The molecule has 23 heavy (non-hydrogen) atoms. The van der Waals surface area contributed by atoms with Crippen LogP contribution in [0.15, 0.2) is 29.6 Å². The van der Waals surface area contributed by atoms with Gasteiger partial charge in [-0.3, -0.25) is 9.78 Å². The van der Waals surface area contributed by atoms with Crippen molar-refractivity contribution in [1.29, 1.82) is 0 Å². The fourth-order valence-corrected chi connectivity index (χ4v) is 3.60. The minimum absolute atomic E-state index is 0.0432. The molecule has 1 saturated carbocycles. The number of tetrazole rings is 1. The molecular formula is C15H20N6OS. The molecular weight excluding hydrogens is 312 g/mol. The number of rotatable bonds is 6. The van der Waals surface area contributed by atoms with Gasteiger partial charge >= 0.3 is 0 Å². The Bertz CT molecular complexity index is 640. The van der Waals surface area contributed by atoms with Crippen LogP contribution < -0.4 is 0 Å². The number of aromatic nitrogens is 5. The molecule has 0 unspecified atom stereocenters. The lowest BCUT2D eigenvalue weighted by Crippen LogP contribution is -2.28. The lowest BCUT2D eigenvalue weighted by atomic mass is 10.3. The smallest absolute Gasteiger partial charge is 0.233 e. The van der Waals surface area contributed by atoms with E-state index in [0.29, 0.717) is 18.3 Å². The normalized spacial score (nSPS) is 15.0. The Kier molecular flexibility index (Phi) is 5.22. The summed E-state index contributed by atoms with van der Waals surface area (Å²) in [4.78, 5) is 18.2. The van der Waals surface area contributed by atoms with E-state index >= 15 is 0 Å². The van der Waals surface area contributed by atoms with Gasteiger partial charge in [0.25, 0.3) is 0 Å². The molecule has 2 aromatic heterocycles. The van der Waals surface area contributed by atoms with Gasteiger partial charge in [-0.05, 0) is 35.4 Å². The topological polar surface area (TPSA) is 76.8 Å². The Balaban J connectivity index is 1.54. The highest BCUT2D eigenvalue weighted by Crippen LogP contribution is 2.31. The molecule has 0 radical (unpaired) electrons. The van der Waals surface area contributed by atoms with E-state index in [0.717, 1.165) is 23.7 Å². The van der Waals surface area contributed by atoms with Gasteiger partial charge in [0.05, 0.1) is 24.0 Å². The minimum atomic E-state index is 0.0432. The molecule has 0 atom stereocenters. The third-order valence-corrected chi connectivity index (χ3v) is 4.93. The monoisotopic (exact) mass is 332 g/mol. The van der Waals surface area contributed by atoms with Crippen molar-refractivity contribution in [3.8, 4) is 0 Å². The molecule has 3 rings (SSSR count). The first-order valence-corrected chi connectivity index (χ1v) is 8.77. The van der Waals surface area contributed by atoms with Crippen molar-refractivity contribution in [2.75, 3.05) is 12.8 Å². The molecule has 2 aromatic rings. The molecule has 2 heterocycles. The molecule has 1 aliphatic carbocycles. The van der Waals surface area contributed by atoms with Gasteiger partial charge in [0, 0.05) is 13.2 Å². The van der Waals surface area contributed by atoms with Gasteiger partial charge < -0.3 is 4.90 Å². The molecule has 0 bridgehead atoms. The summed E-state index contributed by atoms with van der Waals surface area (Å²) in [6.07, 6.45) is 6.41. The van der Waals surface area contributed by atoms with E-state index in [1.54, 1.807) is 18.1 Å². The second-order valence-corrected chi connectivity index (χ2v) is 6.65. The summed E-state index contributed by atoms with van der Waals surface area (Å²) in [7, 11) is 1.79. The van der Waals surface area contributed by atoms with Crippen LogP contribution in [0, 0.1) is 0 Å². The van der Waals surface area contributed by atoms with Crippen LogP contribution in [0.3, 0.4) is 0 Å². The van der Waals surface area contributed by atoms with Crippen LogP contribution in [0.5, 0.6) is 0 Å². The Hall–Kier alpha value is -1.96. The SMILES string of the molecule is CN(Cc1ccccn1)C(=O)CSc1nnnn1C1CCCC1. The van der Waals surface area contributed by atoms with Gasteiger partial charge in [0.2, 0.25) is 11.1 Å². The number of carbonyl (C=O) groups excluding carboxylic acids is 1. The van der Waals surface area contributed by atoms with E-state index in [1.165, 1.54) is 24.6 Å². The molecule has 0 spiro atoms. The molecule has 0 saturated heterocycles. The summed E-state index contributed by atoms with van der Waals surface area (Å²) in [5, 5.41) is 12.6. The van der Waals surface area contributed by atoms with Gasteiger partial charge in [-0.25, -0.2) is 4.68 Å². The highest BCUT2D eigenvalue weighted by molar-refractivity contribution is 7.99. The standard InChI is InChI=1S/C15H20N6OS/c1-20(10-12-6-4-5-9-16-12)14(22)11-23-15-17-18-19-21(15)13-7-2-3-8-13/h4-6,9,13H,2-3,7-8,10-11H2,1H3. The quantitative estimate of drug-likeness (QED) is 0.752. The van der Waals surface area contributed by atoms with E-state index in [2.05, 4.69) is 20.5 Å². The van der Waals surface area contributed by atoms with E-state index in [4.69, 9.17) is 0 Å². The molecule has 0 aromatic carbocycles. The van der Waals surface area contributed by atoms with Crippen LogP contribution in [0.1, 0.15) is 37.4 Å². The zero-order chi connectivity index (χ0) is 16.1. The molecule has 7 nitrogen and oxygen atoms in total. The second kappa shape index (κ2) is 7.54. The van der Waals surface area contributed by atoms with Crippen molar-refractivity contribution in [1.82, 2.24) is 30.1 Å². The number of pyridine rings is 1. The number of nitrogens with zero attached hydrogens (tertiary/aromatic N) is 6. The van der Waals surface area contributed by atoms with Crippen molar-refractivity contribution >= 4 is 17.7 Å². The predicted molar refractivity (Wildman–Crippen MR) is 86.8 cm³/mol. The summed E-state index contributed by atoms with van der Waals surface area (Å²) < 4.78 is 1.88. The number of amides is 1. The molecule has 122 valence electrons. The largest absolute Gasteiger partial charge is 0.339 e. The number of hydrogen-bond acceptors (Lipinski definition) is 6. The molecule has 1 amide bonds. The van der Waals surface area contributed by atoms with Crippen molar-refractivity contribution in [2.45, 2.75) is 43.4 Å². The molecule has 8 heteroatoms. The first-order chi connectivity index (χ1) is 11.2. The first-order valence-electron chi connectivity index (χ1n) is 7.78. The van der Waals surface area contributed by atoms with Crippen LogP contribution >= 0.6 is 11.8 Å². The highest BCUT2D eigenvalue weighted by atomic mass is 32.2. The summed E-state index contributed by atoms with van der Waals surface area (Å²) in [5.74, 6) is 0.373. The maximum atomic E-state index is 12.3. The van der Waals surface area contributed by atoms with E-state index in [1.807, 2.05) is 22.9 Å². The van der Waals surface area contributed by atoms with Crippen LogP contribution in [0.25, 0.3) is 0 Å². The van der Waals surface area contributed by atoms with Gasteiger partial charge in [0.1, 0.15) is 0 Å². The Morgan fingerprint density at radius 3 is 2.96 bits per heavy atom. The van der Waals surface area contributed by atoms with Gasteiger partial charge in [0.15, 0.2) is 0 Å². The first kappa shape index (κ1) is 15.9. The summed E-state index contributed by atoms with van der Waals surface area (Å²) in [5.41, 5.74) is 0.879. The number of hydrogen-bond donors (Lipinski definition) is 0. The Labute approximate surface area is 139 Å². The third kappa shape index (κ3) is 4.07. The van der Waals surface area contributed by atoms with Crippen molar-refractivity contribution in [2.24, 2.45) is 0 Å². The van der Waals surface area contributed by atoms with Crippen molar-refractivity contribution in [3.63, 3.8) is 0 Å². The van der Waals surface area contributed by atoms with E-state index in [9.17, 15) is 4.79 Å².